The highest BCUT2D eigenvalue weighted by atomic mass is 32.2. The standard InChI is InChI=1S/C25H23FN2O4S.H3N/c1-31-10-11-33(30)24-15-21-17(13-19(24)26)7-9-28(21)25(29)23-14-18-12-16(5-6-22(18)32-23)20-4-2-3-8-27-20;/h2-6,8,12-13,15,23H,7,9-11,14H2,1H3;1H3/t23-,33?;/m1./s1. The van der Waals surface area contributed by atoms with Crippen molar-refractivity contribution in [1.82, 2.24) is 11.1 Å². The first-order valence-corrected chi connectivity index (χ1v) is 12.1. The van der Waals surface area contributed by atoms with Crippen LogP contribution in [-0.4, -0.2) is 47.2 Å². The normalized spacial score (nSPS) is 16.9. The average Bonchev–Trinajstić information content (AvgIpc) is 3.45. The van der Waals surface area contributed by atoms with E-state index in [-0.39, 0.29) is 29.3 Å². The molecule has 1 aromatic heterocycles. The zero-order valence-corrected chi connectivity index (χ0v) is 19.6. The molecule has 2 aromatic carbocycles. The molecule has 2 aliphatic heterocycles. The maximum absolute atomic E-state index is 14.5. The lowest BCUT2D eigenvalue weighted by Crippen LogP contribution is -2.40. The smallest absolute Gasteiger partial charge is 0.268 e. The second-order valence-corrected chi connectivity index (χ2v) is 9.58. The number of ether oxygens (including phenoxy) is 2. The van der Waals surface area contributed by atoms with Gasteiger partial charge in [0.1, 0.15) is 11.6 Å². The summed E-state index contributed by atoms with van der Waals surface area (Å²) >= 11 is 0. The molecule has 1 unspecified atom stereocenters. The number of pyridine rings is 1. The summed E-state index contributed by atoms with van der Waals surface area (Å²) in [6.07, 6.45) is 2.09. The van der Waals surface area contributed by atoms with Crippen molar-refractivity contribution in [3.63, 3.8) is 0 Å². The summed E-state index contributed by atoms with van der Waals surface area (Å²) in [5.74, 6) is 0.196. The Balaban J connectivity index is 0.00000274. The fourth-order valence-electron chi connectivity index (χ4n) is 4.31. The molecule has 34 heavy (non-hydrogen) atoms. The Morgan fingerprint density at radius 1 is 1.24 bits per heavy atom. The van der Waals surface area contributed by atoms with Gasteiger partial charge in [0.05, 0.1) is 33.7 Å². The number of hydrogen-bond donors (Lipinski definition) is 1. The minimum atomic E-state index is -1.55. The predicted octanol–water partition coefficient (Wildman–Crippen LogP) is 3.70. The Kier molecular flexibility index (Phi) is 7.06. The first kappa shape index (κ1) is 24.0. The number of carbonyl (C=O) groups is 1. The van der Waals surface area contributed by atoms with Crippen molar-refractivity contribution in [3.8, 4) is 17.0 Å². The molecule has 0 spiro atoms. The van der Waals surface area contributed by atoms with E-state index in [1.807, 2.05) is 36.4 Å². The lowest BCUT2D eigenvalue weighted by Gasteiger charge is -2.21. The SMILES string of the molecule is COCCS(=O)c1cc2c(cc1F)CCN2C(=O)[C@H]1Cc2cc(-c3ccccn3)ccc2O1.N. The minimum absolute atomic E-state index is 0. The maximum Gasteiger partial charge on any atom is 0.268 e. The summed E-state index contributed by atoms with van der Waals surface area (Å²) in [5.41, 5.74) is 4.13. The van der Waals surface area contributed by atoms with Crippen LogP contribution in [0.3, 0.4) is 0 Å². The molecule has 9 heteroatoms. The summed E-state index contributed by atoms with van der Waals surface area (Å²) in [4.78, 5) is 19.5. The van der Waals surface area contributed by atoms with Gasteiger partial charge >= 0.3 is 0 Å². The van der Waals surface area contributed by atoms with Gasteiger partial charge in [-0.1, -0.05) is 6.07 Å². The molecule has 3 N–H and O–H groups in total. The molecule has 5 rings (SSSR count). The minimum Gasteiger partial charge on any atom is -0.480 e. The van der Waals surface area contributed by atoms with Crippen LogP contribution in [0.1, 0.15) is 11.1 Å². The van der Waals surface area contributed by atoms with Gasteiger partial charge in [-0.05, 0) is 60.0 Å². The second kappa shape index (κ2) is 10.0. The van der Waals surface area contributed by atoms with E-state index in [9.17, 15) is 13.4 Å². The van der Waals surface area contributed by atoms with Gasteiger partial charge in [0.25, 0.3) is 5.91 Å². The molecule has 0 aliphatic carbocycles. The fourth-order valence-corrected chi connectivity index (χ4v) is 5.37. The summed E-state index contributed by atoms with van der Waals surface area (Å²) < 4.78 is 38.0. The van der Waals surface area contributed by atoms with E-state index >= 15 is 0 Å². The number of amides is 1. The topological polar surface area (TPSA) is 104 Å². The van der Waals surface area contributed by atoms with E-state index in [0.717, 1.165) is 22.4 Å². The lowest BCUT2D eigenvalue weighted by molar-refractivity contribution is -0.124. The van der Waals surface area contributed by atoms with Crippen LogP contribution in [0, 0.1) is 5.82 Å². The van der Waals surface area contributed by atoms with Gasteiger partial charge in [-0.2, -0.15) is 0 Å². The highest BCUT2D eigenvalue weighted by molar-refractivity contribution is 7.85. The molecule has 2 aliphatic rings. The molecule has 178 valence electrons. The lowest BCUT2D eigenvalue weighted by atomic mass is 10.0. The zero-order valence-electron chi connectivity index (χ0n) is 18.8. The Morgan fingerprint density at radius 2 is 2.09 bits per heavy atom. The molecule has 0 bridgehead atoms. The fraction of sp³-hybridized carbons (Fsp3) is 0.280. The highest BCUT2D eigenvalue weighted by Gasteiger charge is 2.36. The number of carbonyl (C=O) groups excluding carboxylic acids is 1. The number of methoxy groups -OCH3 is 1. The third kappa shape index (κ3) is 4.46. The molecule has 3 aromatic rings. The van der Waals surface area contributed by atoms with Crippen LogP contribution in [0.4, 0.5) is 10.1 Å². The molecule has 2 atom stereocenters. The van der Waals surface area contributed by atoms with E-state index in [1.165, 1.54) is 13.2 Å². The Labute approximate surface area is 199 Å². The van der Waals surface area contributed by atoms with Crippen LogP contribution < -0.4 is 15.8 Å². The summed E-state index contributed by atoms with van der Waals surface area (Å²) in [7, 11) is -0.0364. The van der Waals surface area contributed by atoms with Crippen LogP contribution in [0.15, 0.2) is 59.6 Å². The molecule has 7 nitrogen and oxygen atoms in total. The zero-order chi connectivity index (χ0) is 22.9. The molecule has 0 radical (unpaired) electrons. The monoisotopic (exact) mass is 483 g/mol. The molecular formula is C25H26FN3O4S. The molecule has 0 fully saturated rings. The molecule has 0 saturated heterocycles. The van der Waals surface area contributed by atoms with E-state index in [1.54, 1.807) is 17.2 Å². The third-order valence-corrected chi connectivity index (χ3v) is 7.32. The number of hydrogen-bond acceptors (Lipinski definition) is 6. The van der Waals surface area contributed by atoms with Crippen molar-refractivity contribution in [1.29, 1.82) is 0 Å². The van der Waals surface area contributed by atoms with Crippen molar-refractivity contribution >= 4 is 22.4 Å². The summed E-state index contributed by atoms with van der Waals surface area (Å²) in [6.45, 7) is 0.706. The van der Waals surface area contributed by atoms with E-state index in [2.05, 4.69) is 4.98 Å². The van der Waals surface area contributed by atoms with Crippen molar-refractivity contribution in [2.24, 2.45) is 0 Å². The van der Waals surface area contributed by atoms with Gasteiger partial charge in [-0.3, -0.25) is 14.0 Å². The van der Waals surface area contributed by atoms with Gasteiger partial charge in [0, 0.05) is 37.5 Å². The Hall–Kier alpha value is -3.14. The summed E-state index contributed by atoms with van der Waals surface area (Å²) in [5, 5.41) is 0. The van der Waals surface area contributed by atoms with Gasteiger partial charge in [-0.15, -0.1) is 0 Å². The molecular weight excluding hydrogens is 457 g/mol. The van der Waals surface area contributed by atoms with Crippen molar-refractivity contribution < 1.29 is 22.9 Å². The second-order valence-electron chi connectivity index (χ2n) is 8.04. The van der Waals surface area contributed by atoms with E-state index in [4.69, 9.17) is 9.47 Å². The van der Waals surface area contributed by atoms with Crippen LogP contribution in [0.2, 0.25) is 0 Å². The molecule has 1 amide bonds. The third-order valence-electron chi connectivity index (χ3n) is 5.98. The predicted molar refractivity (Wildman–Crippen MR) is 128 cm³/mol. The van der Waals surface area contributed by atoms with Crippen molar-refractivity contribution in [3.05, 3.63) is 71.7 Å². The number of anilines is 1. The molecule has 0 saturated carbocycles. The first-order chi connectivity index (χ1) is 16.0. The van der Waals surface area contributed by atoms with Crippen molar-refractivity contribution in [2.45, 2.75) is 23.8 Å². The highest BCUT2D eigenvalue weighted by Crippen LogP contribution is 2.36. The van der Waals surface area contributed by atoms with Gasteiger partial charge in [-0.25, -0.2) is 4.39 Å². The molecule has 3 heterocycles. The van der Waals surface area contributed by atoms with Gasteiger partial charge in [0.15, 0.2) is 6.10 Å². The van der Waals surface area contributed by atoms with E-state index < -0.39 is 22.7 Å². The van der Waals surface area contributed by atoms with Gasteiger partial charge < -0.3 is 20.5 Å². The van der Waals surface area contributed by atoms with Crippen LogP contribution in [0.25, 0.3) is 11.3 Å². The van der Waals surface area contributed by atoms with Gasteiger partial charge in [0.2, 0.25) is 0 Å². The average molecular weight is 484 g/mol. The number of rotatable bonds is 6. The number of halogens is 1. The first-order valence-electron chi connectivity index (χ1n) is 10.8. The van der Waals surface area contributed by atoms with Crippen LogP contribution in [-0.2, 0) is 33.2 Å². The number of benzene rings is 2. The Bertz CT molecular complexity index is 1240. The van der Waals surface area contributed by atoms with E-state index in [0.29, 0.717) is 30.8 Å². The number of fused-ring (bicyclic) bond motifs is 2. The largest absolute Gasteiger partial charge is 0.480 e. The van der Waals surface area contributed by atoms with Crippen LogP contribution in [0.5, 0.6) is 5.75 Å². The van der Waals surface area contributed by atoms with Crippen LogP contribution >= 0.6 is 0 Å². The van der Waals surface area contributed by atoms with Crippen molar-refractivity contribution in [2.75, 3.05) is 30.9 Å². The number of aromatic nitrogens is 1. The number of nitrogens with zero attached hydrogens (tertiary/aromatic N) is 2. The maximum atomic E-state index is 14.5. The Morgan fingerprint density at radius 3 is 2.85 bits per heavy atom. The quantitative estimate of drug-likeness (QED) is 0.573. The summed E-state index contributed by atoms with van der Waals surface area (Å²) in [6, 6.07) is 14.5.